The number of rotatable bonds is 5. The van der Waals surface area contributed by atoms with Crippen LogP contribution in [0.1, 0.15) is 28.4 Å². The van der Waals surface area contributed by atoms with Gasteiger partial charge in [0, 0.05) is 12.1 Å². The lowest BCUT2D eigenvalue weighted by Crippen LogP contribution is -2.22. The highest BCUT2D eigenvalue weighted by atomic mass is 16.5. The molecule has 0 aliphatic rings. The average molecular weight is 269 g/mol. The van der Waals surface area contributed by atoms with Gasteiger partial charge in [0.15, 0.2) is 0 Å². The summed E-state index contributed by atoms with van der Waals surface area (Å²) in [4.78, 5) is 12.1. The Morgan fingerprint density at radius 2 is 1.90 bits per heavy atom. The lowest BCUT2D eigenvalue weighted by molar-refractivity contribution is 0.0950. The maximum atomic E-state index is 12.1. The first-order valence-corrected chi connectivity index (χ1v) is 6.75. The highest BCUT2D eigenvalue weighted by Gasteiger charge is 2.06. The third-order valence-electron chi connectivity index (χ3n) is 2.98. The predicted octanol–water partition coefficient (Wildman–Crippen LogP) is 3.32. The molecule has 0 heterocycles. The molecule has 3 heteroatoms. The van der Waals surface area contributed by atoms with Crippen LogP contribution >= 0.6 is 0 Å². The van der Waals surface area contributed by atoms with Gasteiger partial charge in [0.05, 0.1) is 6.61 Å². The van der Waals surface area contributed by atoms with Crippen LogP contribution in [0.3, 0.4) is 0 Å². The molecule has 2 aromatic rings. The van der Waals surface area contributed by atoms with Gasteiger partial charge in [-0.15, -0.1) is 0 Å². The largest absolute Gasteiger partial charge is 0.494 e. The van der Waals surface area contributed by atoms with Crippen molar-refractivity contribution in [2.75, 3.05) is 6.61 Å². The van der Waals surface area contributed by atoms with Gasteiger partial charge in [0.1, 0.15) is 5.75 Å². The van der Waals surface area contributed by atoms with E-state index in [4.69, 9.17) is 4.74 Å². The molecule has 0 fully saturated rings. The quantitative estimate of drug-likeness (QED) is 0.904. The number of hydrogen-bond donors (Lipinski definition) is 1. The van der Waals surface area contributed by atoms with Crippen molar-refractivity contribution in [3.63, 3.8) is 0 Å². The summed E-state index contributed by atoms with van der Waals surface area (Å²) in [6.45, 7) is 5.08. The van der Waals surface area contributed by atoms with Gasteiger partial charge in [0.2, 0.25) is 0 Å². The molecule has 0 unspecified atom stereocenters. The first kappa shape index (κ1) is 14.1. The van der Waals surface area contributed by atoms with Crippen LogP contribution in [0, 0.1) is 6.92 Å². The Labute approximate surface area is 119 Å². The molecule has 2 rings (SSSR count). The van der Waals surface area contributed by atoms with E-state index in [1.807, 2.05) is 50.2 Å². The standard InChI is InChI=1S/C17H19NO2/c1-3-20-16-6-4-5-15(11-16)17(19)18-12-14-9-7-13(2)8-10-14/h4-11H,3,12H2,1-2H3,(H,18,19). The Hall–Kier alpha value is -2.29. The van der Waals surface area contributed by atoms with E-state index in [1.165, 1.54) is 5.56 Å². The molecule has 0 aliphatic heterocycles. The van der Waals surface area contributed by atoms with Gasteiger partial charge in [-0.1, -0.05) is 35.9 Å². The number of carbonyl (C=O) groups excluding carboxylic acids is 1. The second-order valence-electron chi connectivity index (χ2n) is 4.63. The van der Waals surface area contributed by atoms with Crippen molar-refractivity contribution in [3.8, 4) is 5.75 Å². The van der Waals surface area contributed by atoms with Crippen LogP contribution in [0.15, 0.2) is 48.5 Å². The number of hydrogen-bond acceptors (Lipinski definition) is 2. The second-order valence-corrected chi connectivity index (χ2v) is 4.63. The van der Waals surface area contributed by atoms with E-state index in [0.717, 1.165) is 11.3 Å². The van der Waals surface area contributed by atoms with E-state index in [1.54, 1.807) is 12.1 Å². The van der Waals surface area contributed by atoms with E-state index in [-0.39, 0.29) is 5.91 Å². The molecule has 2 aromatic carbocycles. The zero-order chi connectivity index (χ0) is 14.4. The second kappa shape index (κ2) is 6.75. The van der Waals surface area contributed by atoms with Crippen LogP contribution in [-0.2, 0) is 6.54 Å². The molecule has 1 amide bonds. The molecule has 1 N–H and O–H groups in total. The summed E-state index contributed by atoms with van der Waals surface area (Å²) in [6, 6.07) is 15.3. The lowest BCUT2D eigenvalue weighted by Gasteiger charge is -2.08. The van der Waals surface area contributed by atoms with Crippen LogP contribution in [0.5, 0.6) is 5.75 Å². The van der Waals surface area contributed by atoms with Crippen molar-refractivity contribution >= 4 is 5.91 Å². The van der Waals surface area contributed by atoms with Crippen LogP contribution in [0.4, 0.5) is 0 Å². The van der Waals surface area contributed by atoms with Gasteiger partial charge >= 0.3 is 0 Å². The number of nitrogens with one attached hydrogen (secondary N) is 1. The molecule has 0 aromatic heterocycles. The highest BCUT2D eigenvalue weighted by Crippen LogP contribution is 2.13. The first-order valence-electron chi connectivity index (χ1n) is 6.75. The fourth-order valence-corrected chi connectivity index (χ4v) is 1.88. The molecule has 0 bridgehead atoms. The lowest BCUT2D eigenvalue weighted by atomic mass is 10.1. The van der Waals surface area contributed by atoms with Crippen molar-refractivity contribution in [1.82, 2.24) is 5.32 Å². The Kier molecular flexibility index (Phi) is 4.77. The Balaban J connectivity index is 1.97. The first-order chi connectivity index (χ1) is 9.69. The zero-order valence-corrected chi connectivity index (χ0v) is 11.8. The summed E-state index contributed by atoms with van der Waals surface area (Å²) in [5.41, 5.74) is 2.91. The molecule has 0 spiro atoms. The summed E-state index contributed by atoms with van der Waals surface area (Å²) >= 11 is 0. The van der Waals surface area contributed by atoms with E-state index in [0.29, 0.717) is 18.7 Å². The zero-order valence-electron chi connectivity index (χ0n) is 11.8. The summed E-state index contributed by atoms with van der Waals surface area (Å²) in [5, 5.41) is 2.91. The predicted molar refractivity (Wildman–Crippen MR) is 80.0 cm³/mol. The molecule has 0 atom stereocenters. The van der Waals surface area contributed by atoms with Gasteiger partial charge in [-0.25, -0.2) is 0 Å². The SMILES string of the molecule is CCOc1cccc(C(=O)NCc2ccc(C)cc2)c1. The normalized spacial score (nSPS) is 10.1. The molecule has 3 nitrogen and oxygen atoms in total. The number of ether oxygens (including phenoxy) is 1. The van der Waals surface area contributed by atoms with Gasteiger partial charge in [-0.05, 0) is 37.6 Å². The van der Waals surface area contributed by atoms with Crippen molar-refractivity contribution in [2.45, 2.75) is 20.4 Å². The van der Waals surface area contributed by atoms with E-state index in [9.17, 15) is 4.79 Å². The Morgan fingerprint density at radius 1 is 1.15 bits per heavy atom. The molecule has 0 aliphatic carbocycles. The summed E-state index contributed by atoms with van der Waals surface area (Å²) in [5.74, 6) is 0.627. The molecule has 0 radical (unpaired) electrons. The highest BCUT2D eigenvalue weighted by molar-refractivity contribution is 5.94. The fraction of sp³-hybridized carbons (Fsp3) is 0.235. The minimum absolute atomic E-state index is 0.0906. The van der Waals surface area contributed by atoms with Gasteiger partial charge < -0.3 is 10.1 Å². The minimum Gasteiger partial charge on any atom is -0.494 e. The van der Waals surface area contributed by atoms with E-state index < -0.39 is 0 Å². The monoisotopic (exact) mass is 269 g/mol. The van der Waals surface area contributed by atoms with Crippen molar-refractivity contribution in [1.29, 1.82) is 0 Å². The number of carbonyl (C=O) groups is 1. The number of amides is 1. The average Bonchev–Trinajstić information content (AvgIpc) is 2.47. The molecule has 0 saturated heterocycles. The maximum Gasteiger partial charge on any atom is 0.251 e. The van der Waals surface area contributed by atoms with Gasteiger partial charge in [-0.3, -0.25) is 4.79 Å². The van der Waals surface area contributed by atoms with Crippen LogP contribution in [0.2, 0.25) is 0 Å². The number of benzene rings is 2. The van der Waals surface area contributed by atoms with Gasteiger partial charge in [-0.2, -0.15) is 0 Å². The molecular weight excluding hydrogens is 250 g/mol. The van der Waals surface area contributed by atoms with Gasteiger partial charge in [0.25, 0.3) is 5.91 Å². The van der Waals surface area contributed by atoms with Crippen LogP contribution in [-0.4, -0.2) is 12.5 Å². The summed E-state index contributed by atoms with van der Waals surface area (Å²) in [6.07, 6.45) is 0. The van der Waals surface area contributed by atoms with E-state index >= 15 is 0 Å². The Bertz CT molecular complexity index is 576. The van der Waals surface area contributed by atoms with Crippen LogP contribution < -0.4 is 10.1 Å². The summed E-state index contributed by atoms with van der Waals surface area (Å²) in [7, 11) is 0. The third kappa shape index (κ3) is 3.85. The Morgan fingerprint density at radius 3 is 2.60 bits per heavy atom. The minimum atomic E-state index is -0.0906. The van der Waals surface area contributed by atoms with Crippen molar-refractivity contribution in [3.05, 3.63) is 65.2 Å². The molecule has 0 saturated carbocycles. The number of aryl methyl sites for hydroxylation is 1. The van der Waals surface area contributed by atoms with Crippen LogP contribution in [0.25, 0.3) is 0 Å². The molecular formula is C17H19NO2. The summed E-state index contributed by atoms with van der Waals surface area (Å²) < 4.78 is 5.39. The maximum absolute atomic E-state index is 12.1. The van der Waals surface area contributed by atoms with Crippen molar-refractivity contribution in [2.24, 2.45) is 0 Å². The smallest absolute Gasteiger partial charge is 0.251 e. The van der Waals surface area contributed by atoms with E-state index in [2.05, 4.69) is 5.32 Å². The topological polar surface area (TPSA) is 38.3 Å². The third-order valence-corrected chi connectivity index (χ3v) is 2.98. The fourth-order valence-electron chi connectivity index (χ4n) is 1.88. The molecule has 104 valence electrons. The molecule has 20 heavy (non-hydrogen) atoms. The van der Waals surface area contributed by atoms with Crippen molar-refractivity contribution < 1.29 is 9.53 Å².